The van der Waals surface area contributed by atoms with Crippen molar-refractivity contribution in [1.82, 2.24) is 25.2 Å². The summed E-state index contributed by atoms with van der Waals surface area (Å²) in [5.41, 5.74) is 3.79. The molecule has 8 nitrogen and oxygen atoms in total. The van der Waals surface area contributed by atoms with E-state index in [9.17, 15) is 9.59 Å². The second kappa shape index (κ2) is 11.8. The number of hydrogen-bond acceptors (Lipinski definition) is 7. The van der Waals surface area contributed by atoms with Gasteiger partial charge in [0.2, 0.25) is 0 Å². The van der Waals surface area contributed by atoms with Gasteiger partial charge in [0, 0.05) is 42.3 Å². The lowest BCUT2D eigenvalue weighted by Gasteiger charge is -2.27. The molecule has 1 aliphatic rings. The highest BCUT2D eigenvalue weighted by molar-refractivity contribution is 7.05. The Morgan fingerprint density at radius 2 is 1.85 bits per heavy atom. The number of pyridine rings is 1. The lowest BCUT2D eigenvalue weighted by Crippen LogP contribution is -2.34. The Balaban J connectivity index is 1.61. The molecule has 9 heteroatoms. The smallest absolute Gasteiger partial charge is 0.258 e. The third-order valence-corrected chi connectivity index (χ3v) is 6.83. The van der Waals surface area contributed by atoms with E-state index in [0.29, 0.717) is 30.8 Å². The number of amides is 2. The van der Waals surface area contributed by atoms with Crippen LogP contribution in [0, 0.1) is 6.92 Å². The lowest BCUT2D eigenvalue weighted by atomic mass is 10.0. The minimum atomic E-state index is -0.159. The molecule has 2 aromatic heterocycles. The van der Waals surface area contributed by atoms with Crippen molar-refractivity contribution >= 4 is 29.0 Å². The molecule has 0 unspecified atom stereocenters. The minimum Gasteiger partial charge on any atom is -0.347 e. The summed E-state index contributed by atoms with van der Waals surface area (Å²) in [4.78, 5) is 33.2. The first-order chi connectivity index (χ1) is 16.6. The third kappa shape index (κ3) is 6.03. The quantitative estimate of drug-likeness (QED) is 0.590. The molecule has 0 radical (unpaired) electrons. The lowest BCUT2D eigenvalue weighted by molar-refractivity contribution is 0.0950. The average Bonchev–Trinajstić information content (AvgIpc) is 3.27. The summed E-state index contributed by atoms with van der Waals surface area (Å²) < 4.78 is 3.92. The van der Waals surface area contributed by atoms with Crippen LogP contribution in [0.3, 0.4) is 0 Å². The van der Waals surface area contributed by atoms with Crippen molar-refractivity contribution in [2.24, 2.45) is 0 Å². The van der Waals surface area contributed by atoms with Gasteiger partial charge >= 0.3 is 0 Å². The van der Waals surface area contributed by atoms with Crippen LogP contribution in [0.2, 0.25) is 0 Å². The highest BCUT2D eigenvalue weighted by atomic mass is 32.1. The van der Waals surface area contributed by atoms with Gasteiger partial charge < -0.3 is 15.5 Å². The number of aryl methyl sites for hydroxylation is 1. The van der Waals surface area contributed by atoms with E-state index >= 15 is 0 Å². The standard InChI is InChI=1S/C25H30N6O2S/c1-18-23(34-30-29-18)17-28-24(32)20-7-8-22-21(15-20)16-27-11-5-3-2-4-6-14-31(22)25(33)19-9-12-26-13-10-19/h7-10,12-13,15,27H,2-6,11,14,16-17H2,1H3,(H,28,32). The molecule has 0 spiro atoms. The number of aromatic nitrogens is 3. The van der Waals surface area contributed by atoms with Crippen LogP contribution in [0.1, 0.15) is 69.0 Å². The van der Waals surface area contributed by atoms with Crippen molar-refractivity contribution < 1.29 is 9.59 Å². The van der Waals surface area contributed by atoms with Crippen LogP contribution in [0.25, 0.3) is 0 Å². The molecule has 1 aliphatic heterocycles. The molecular weight excluding hydrogens is 448 g/mol. The number of benzene rings is 1. The number of nitrogens with zero attached hydrogens (tertiary/aromatic N) is 4. The Labute approximate surface area is 204 Å². The molecule has 34 heavy (non-hydrogen) atoms. The van der Waals surface area contributed by atoms with Gasteiger partial charge in [0.15, 0.2) is 0 Å². The molecule has 178 valence electrons. The van der Waals surface area contributed by atoms with Gasteiger partial charge in [0.25, 0.3) is 11.8 Å². The van der Waals surface area contributed by atoms with Crippen LogP contribution in [0.4, 0.5) is 5.69 Å². The Hall–Kier alpha value is -3.17. The molecule has 3 aromatic rings. The molecule has 0 saturated heterocycles. The minimum absolute atomic E-state index is 0.0499. The zero-order valence-corrected chi connectivity index (χ0v) is 20.2. The van der Waals surface area contributed by atoms with E-state index in [0.717, 1.165) is 47.6 Å². The summed E-state index contributed by atoms with van der Waals surface area (Å²) in [6.07, 6.45) is 8.76. The van der Waals surface area contributed by atoms with E-state index in [-0.39, 0.29) is 11.8 Å². The molecule has 0 fully saturated rings. The number of nitrogens with one attached hydrogen (secondary N) is 2. The van der Waals surface area contributed by atoms with Crippen molar-refractivity contribution in [2.45, 2.75) is 52.1 Å². The number of carbonyl (C=O) groups is 2. The molecule has 0 aliphatic carbocycles. The van der Waals surface area contributed by atoms with E-state index in [2.05, 4.69) is 25.2 Å². The van der Waals surface area contributed by atoms with Crippen LogP contribution in [0.15, 0.2) is 42.7 Å². The predicted octanol–water partition coefficient (Wildman–Crippen LogP) is 3.87. The Kier molecular flexibility index (Phi) is 8.32. The van der Waals surface area contributed by atoms with Gasteiger partial charge in [-0.05, 0) is 73.7 Å². The summed E-state index contributed by atoms with van der Waals surface area (Å²) in [6.45, 7) is 4.41. The predicted molar refractivity (Wildman–Crippen MR) is 133 cm³/mol. The van der Waals surface area contributed by atoms with Crippen molar-refractivity contribution in [1.29, 1.82) is 0 Å². The number of rotatable bonds is 4. The molecule has 4 rings (SSSR count). The second-order valence-corrected chi connectivity index (χ2v) is 9.28. The van der Waals surface area contributed by atoms with Gasteiger partial charge in [-0.1, -0.05) is 23.8 Å². The largest absolute Gasteiger partial charge is 0.347 e. The van der Waals surface area contributed by atoms with E-state index in [1.165, 1.54) is 24.4 Å². The zero-order chi connectivity index (χ0) is 23.8. The Morgan fingerprint density at radius 3 is 2.65 bits per heavy atom. The first-order valence-corrected chi connectivity index (χ1v) is 12.5. The summed E-state index contributed by atoms with van der Waals surface area (Å²) in [5, 5.41) is 10.4. The molecule has 2 N–H and O–H groups in total. The van der Waals surface area contributed by atoms with Gasteiger partial charge in [-0.15, -0.1) is 5.10 Å². The highest BCUT2D eigenvalue weighted by Crippen LogP contribution is 2.26. The van der Waals surface area contributed by atoms with E-state index in [1.54, 1.807) is 30.6 Å². The Bertz CT molecular complexity index is 1120. The van der Waals surface area contributed by atoms with Gasteiger partial charge in [-0.3, -0.25) is 14.6 Å². The maximum absolute atomic E-state index is 13.5. The van der Waals surface area contributed by atoms with Crippen LogP contribution in [-0.2, 0) is 13.1 Å². The second-order valence-electron chi connectivity index (χ2n) is 8.44. The number of hydrogen-bond donors (Lipinski definition) is 2. The fraction of sp³-hybridized carbons (Fsp3) is 0.400. The van der Waals surface area contributed by atoms with Crippen LogP contribution in [-0.4, -0.2) is 39.5 Å². The molecule has 0 atom stereocenters. The van der Waals surface area contributed by atoms with Crippen LogP contribution in [0.5, 0.6) is 0 Å². The van der Waals surface area contributed by atoms with Crippen LogP contribution >= 0.6 is 11.5 Å². The maximum atomic E-state index is 13.5. The molecule has 1 aromatic carbocycles. The number of fused-ring (bicyclic) bond motifs is 1. The van der Waals surface area contributed by atoms with Crippen molar-refractivity contribution in [2.75, 3.05) is 18.0 Å². The molecule has 0 saturated carbocycles. The topological polar surface area (TPSA) is 100 Å². The SMILES string of the molecule is Cc1nnsc1CNC(=O)c1ccc2c(c1)CNCCCCCCCN2C(=O)c1ccncc1. The first-order valence-electron chi connectivity index (χ1n) is 11.7. The van der Waals surface area contributed by atoms with E-state index in [1.807, 2.05) is 24.0 Å². The van der Waals surface area contributed by atoms with Gasteiger partial charge in [-0.25, -0.2) is 0 Å². The van der Waals surface area contributed by atoms with E-state index < -0.39 is 0 Å². The summed E-state index contributed by atoms with van der Waals surface area (Å²) in [6, 6.07) is 9.08. The molecular formula is C25H30N6O2S. The molecule has 0 bridgehead atoms. The van der Waals surface area contributed by atoms with Gasteiger partial charge in [-0.2, -0.15) is 0 Å². The monoisotopic (exact) mass is 478 g/mol. The summed E-state index contributed by atoms with van der Waals surface area (Å²) in [7, 11) is 0. The van der Waals surface area contributed by atoms with E-state index in [4.69, 9.17) is 0 Å². The molecule has 2 amide bonds. The average molecular weight is 479 g/mol. The van der Waals surface area contributed by atoms with Crippen molar-refractivity contribution in [3.05, 3.63) is 70.0 Å². The third-order valence-electron chi connectivity index (χ3n) is 6.01. The Morgan fingerprint density at radius 1 is 1.06 bits per heavy atom. The fourth-order valence-electron chi connectivity index (χ4n) is 4.06. The highest BCUT2D eigenvalue weighted by Gasteiger charge is 2.22. The number of anilines is 1. The molecule has 3 heterocycles. The van der Waals surface area contributed by atoms with Crippen molar-refractivity contribution in [3.63, 3.8) is 0 Å². The first kappa shape index (κ1) is 24.0. The van der Waals surface area contributed by atoms with Gasteiger partial charge in [0.1, 0.15) is 0 Å². The normalized spacial score (nSPS) is 15.0. The van der Waals surface area contributed by atoms with Crippen LogP contribution < -0.4 is 15.5 Å². The number of carbonyl (C=O) groups excluding carboxylic acids is 2. The van der Waals surface area contributed by atoms with Crippen molar-refractivity contribution in [3.8, 4) is 0 Å². The maximum Gasteiger partial charge on any atom is 0.258 e. The van der Waals surface area contributed by atoms with Gasteiger partial charge in [0.05, 0.1) is 17.1 Å². The summed E-state index contributed by atoms with van der Waals surface area (Å²) >= 11 is 1.29. The fourth-order valence-corrected chi connectivity index (χ4v) is 4.63. The zero-order valence-electron chi connectivity index (χ0n) is 19.4. The summed E-state index contributed by atoms with van der Waals surface area (Å²) in [5.74, 6) is -0.209.